The van der Waals surface area contributed by atoms with E-state index < -0.39 is 5.60 Å². The molecule has 1 heterocycles. The second kappa shape index (κ2) is 15.3. The van der Waals surface area contributed by atoms with E-state index >= 15 is 0 Å². The van der Waals surface area contributed by atoms with Gasteiger partial charge in [0, 0.05) is 34.0 Å². The molecule has 1 aliphatic carbocycles. The highest BCUT2D eigenvalue weighted by atomic mass is 35.5. The largest absolute Gasteiger partial charge is 0.444 e. The molecule has 2 N–H and O–H groups in total. The number of ether oxygens (including phenoxy) is 1. The molecule has 220 valence electrons. The van der Waals surface area contributed by atoms with Crippen molar-refractivity contribution in [2.75, 3.05) is 26.3 Å². The van der Waals surface area contributed by atoms with Gasteiger partial charge in [-0.3, -0.25) is 0 Å². The maximum absolute atomic E-state index is 12.1. The van der Waals surface area contributed by atoms with Crippen LogP contribution in [0.5, 0.6) is 0 Å². The molecule has 1 saturated heterocycles. The molecule has 5 nitrogen and oxygen atoms in total. The number of nitrogens with zero attached hydrogens (tertiary/aromatic N) is 1. The predicted molar refractivity (Wildman–Crippen MR) is 164 cm³/mol. The lowest BCUT2D eigenvalue weighted by Gasteiger charge is -2.41. The maximum atomic E-state index is 12.1. The topological polar surface area (TPSA) is 70.0 Å². The van der Waals surface area contributed by atoms with Crippen LogP contribution in [0.25, 0.3) is 0 Å². The molecule has 7 heteroatoms. The third kappa shape index (κ3) is 9.38. The predicted octanol–water partition coefficient (Wildman–Crippen LogP) is 8.41. The van der Waals surface area contributed by atoms with Gasteiger partial charge < -0.3 is 19.8 Å². The molecular weight excluding hydrogens is 533 g/mol. The molecule has 1 saturated carbocycles. The Balaban J connectivity index is 0.000000394. The lowest BCUT2D eigenvalue weighted by atomic mass is 9.70. The third-order valence-electron chi connectivity index (χ3n) is 7.70. The van der Waals surface area contributed by atoms with Crippen molar-refractivity contribution in [1.82, 2.24) is 4.90 Å². The van der Waals surface area contributed by atoms with Gasteiger partial charge in [-0.15, -0.1) is 0 Å². The SMILES string of the molecule is C.C.CC(C)(C)OC(=O)N1CCC(CO)(c2ccc(Cl)cc2)CC1.OCC1(c2ccc(Cl)cc2)CCCCC1. The molecule has 2 aromatic carbocycles. The van der Waals surface area contributed by atoms with Crippen molar-refractivity contribution < 1.29 is 19.7 Å². The molecule has 2 fully saturated rings. The summed E-state index contributed by atoms with van der Waals surface area (Å²) in [7, 11) is 0. The zero-order valence-electron chi connectivity index (χ0n) is 22.3. The first kappa shape index (κ1) is 35.2. The summed E-state index contributed by atoms with van der Waals surface area (Å²) in [5.41, 5.74) is 1.53. The summed E-state index contributed by atoms with van der Waals surface area (Å²) in [4.78, 5) is 13.8. The van der Waals surface area contributed by atoms with Crippen molar-refractivity contribution in [3.63, 3.8) is 0 Å². The van der Waals surface area contributed by atoms with Crippen LogP contribution < -0.4 is 0 Å². The molecule has 1 aliphatic heterocycles. The molecule has 0 spiro atoms. The van der Waals surface area contributed by atoms with Crippen LogP contribution in [0.3, 0.4) is 0 Å². The number of aliphatic hydroxyl groups is 2. The highest BCUT2D eigenvalue weighted by Gasteiger charge is 2.38. The van der Waals surface area contributed by atoms with E-state index in [4.69, 9.17) is 27.9 Å². The van der Waals surface area contributed by atoms with Crippen molar-refractivity contribution in [2.24, 2.45) is 0 Å². The molecule has 2 aromatic rings. The summed E-state index contributed by atoms with van der Waals surface area (Å²) in [5.74, 6) is 0. The molecule has 0 atom stereocenters. The van der Waals surface area contributed by atoms with Gasteiger partial charge in [-0.25, -0.2) is 4.79 Å². The first-order valence-corrected chi connectivity index (χ1v) is 14.0. The standard InChI is InChI=1S/C17H24ClNO3.C13H17ClO.2CH4/c1-16(2,3)22-15(21)19-10-8-17(12-20,9-11-19)13-4-6-14(18)7-5-13;14-12-6-4-11(5-7-12)13(10-15)8-2-1-3-9-13;;/h4-7,20H,8-12H2,1-3H3;4-7,15H,1-3,8-10H2;2*1H4. The number of piperidine rings is 1. The van der Waals surface area contributed by atoms with Gasteiger partial charge in [0.15, 0.2) is 0 Å². The number of carbonyl (C=O) groups is 1. The van der Waals surface area contributed by atoms with Crippen molar-refractivity contribution >= 4 is 29.3 Å². The van der Waals surface area contributed by atoms with Crippen molar-refractivity contribution in [2.45, 2.75) is 97.0 Å². The normalized spacial score (nSPS) is 18.0. The summed E-state index contributed by atoms with van der Waals surface area (Å²) in [6.07, 6.45) is 7.10. The van der Waals surface area contributed by atoms with Gasteiger partial charge in [0.2, 0.25) is 0 Å². The van der Waals surface area contributed by atoms with Crippen molar-refractivity contribution in [3.8, 4) is 0 Å². The van der Waals surface area contributed by atoms with Gasteiger partial charge in [-0.05, 0) is 81.8 Å². The van der Waals surface area contributed by atoms with E-state index in [2.05, 4.69) is 12.1 Å². The molecule has 4 rings (SSSR count). The van der Waals surface area contributed by atoms with E-state index in [9.17, 15) is 15.0 Å². The van der Waals surface area contributed by atoms with E-state index in [1.807, 2.05) is 57.2 Å². The summed E-state index contributed by atoms with van der Waals surface area (Å²) in [6, 6.07) is 15.6. The number of hydrogen-bond acceptors (Lipinski definition) is 4. The number of halogens is 2. The van der Waals surface area contributed by atoms with Crippen LogP contribution in [0.1, 0.15) is 91.7 Å². The minimum atomic E-state index is -0.487. The molecule has 0 aromatic heterocycles. The number of benzene rings is 2. The van der Waals surface area contributed by atoms with E-state index in [-0.39, 0.29) is 45.0 Å². The minimum Gasteiger partial charge on any atom is -0.444 e. The molecule has 0 radical (unpaired) electrons. The molecular formula is C32H49Cl2NO4. The van der Waals surface area contributed by atoms with Crippen LogP contribution in [-0.2, 0) is 15.6 Å². The Kier molecular flexibility index (Phi) is 13.8. The molecule has 0 unspecified atom stereocenters. The van der Waals surface area contributed by atoms with Gasteiger partial charge >= 0.3 is 6.09 Å². The number of likely N-dealkylation sites (tertiary alicyclic amines) is 1. The van der Waals surface area contributed by atoms with Crippen LogP contribution in [0.15, 0.2) is 48.5 Å². The van der Waals surface area contributed by atoms with E-state index in [0.29, 0.717) is 31.0 Å². The Morgan fingerprint density at radius 2 is 1.15 bits per heavy atom. The van der Waals surface area contributed by atoms with Crippen molar-refractivity contribution in [3.05, 3.63) is 69.7 Å². The van der Waals surface area contributed by atoms with Crippen molar-refractivity contribution in [1.29, 1.82) is 0 Å². The van der Waals surface area contributed by atoms with Gasteiger partial charge in [-0.1, -0.05) is 81.6 Å². The number of rotatable bonds is 4. The number of carbonyl (C=O) groups excluding carboxylic acids is 1. The second-order valence-electron chi connectivity index (χ2n) is 11.4. The first-order valence-electron chi connectivity index (χ1n) is 13.2. The fraction of sp³-hybridized carbons (Fsp3) is 0.594. The Morgan fingerprint density at radius 1 is 0.769 bits per heavy atom. The maximum Gasteiger partial charge on any atom is 0.410 e. The molecule has 1 amide bonds. The summed E-state index contributed by atoms with van der Waals surface area (Å²) < 4.78 is 5.41. The average molecular weight is 583 g/mol. The highest BCUT2D eigenvalue weighted by Crippen LogP contribution is 2.39. The quantitative estimate of drug-likeness (QED) is 0.380. The van der Waals surface area contributed by atoms with E-state index in [0.717, 1.165) is 23.4 Å². The molecule has 39 heavy (non-hydrogen) atoms. The number of aliphatic hydroxyl groups excluding tert-OH is 2. The van der Waals surface area contributed by atoms with Crippen LogP contribution in [-0.4, -0.2) is 53.1 Å². The smallest absolute Gasteiger partial charge is 0.410 e. The highest BCUT2D eigenvalue weighted by molar-refractivity contribution is 6.30. The first-order chi connectivity index (χ1) is 17.5. The van der Waals surface area contributed by atoms with Gasteiger partial charge in [0.25, 0.3) is 0 Å². The number of amides is 1. The van der Waals surface area contributed by atoms with Crippen LogP contribution in [0.2, 0.25) is 10.0 Å². The summed E-state index contributed by atoms with van der Waals surface area (Å²) in [6.45, 7) is 7.07. The fourth-order valence-electron chi connectivity index (χ4n) is 5.36. The lowest BCUT2D eigenvalue weighted by Crippen LogP contribution is -2.48. The average Bonchev–Trinajstić information content (AvgIpc) is 2.89. The van der Waals surface area contributed by atoms with Gasteiger partial charge in [0.1, 0.15) is 5.60 Å². The number of hydrogen-bond donors (Lipinski definition) is 2. The molecule has 0 bridgehead atoms. The summed E-state index contributed by atoms with van der Waals surface area (Å²) in [5, 5.41) is 21.0. The Bertz CT molecular complexity index is 988. The second-order valence-corrected chi connectivity index (χ2v) is 12.3. The Labute approximate surface area is 246 Å². The van der Waals surface area contributed by atoms with Crippen LogP contribution in [0, 0.1) is 0 Å². The zero-order chi connectivity index (χ0) is 27.1. The monoisotopic (exact) mass is 581 g/mol. The molecule has 2 aliphatic rings. The van der Waals surface area contributed by atoms with Crippen LogP contribution >= 0.6 is 23.2 Å². The Morgan fingerprint density at radius 3 is 1.51 bits per heavy atom. The zero-order valence-corrected chi connectivity index (χ0v) is 23.8. The van der Waals surface area contributed by atoms with E-state index in [1.165, 1.54) is 24.8 Å². The van der Waals surface area contributed by atoms with Gasteiger partial charge in [0.05, 0.1) is 13.2 Å². The fourth-order valence-corrected chi connectivity index (χ4v) is 5.61. The van der Waals surface area contributed by atoms with E-state index in [1.54, 1.807) is 4.90 Å². The van der Waals surface area contributed by atoms with Gasteiger partial charge in [-0.2, -0.15) is 0 Å². The Hall–Kier alpha value is -1.79. The lowest BCUT2D eigenvalue weighted by molar-refractivity contribution is 0.0123. The minimum absolute atomic E-state index is 0. The van der Waals surface area contributed by atoms with Crippen LogP contribution in [0.4, 0.5) is 4.79 Å². The summed E-state index contributed by atoms with van der Waals surface area (Å²) >= 11 is 11.8. The third-order valence-corrected chi connectivity index (χ3v) is 8.21.